The van der Waals surface area contributed by atoms with Gasteiger partial charge in [0.05, 0.1) is 10.9 Å². The average molecular weight is 421 g/mol. The number of alkyl halides is 3. The van der Waals surface area contributed by atoms with Crippen molar-refractivity contribution in [2.45, 2.75) is 36.0 Å². The van der Waals surface area contributed by atoms with E-state index < -0.39 is 34.7 Å². The number of likely N-dealkylation sites (N-methyl/N-ethyl adjacent to an activating group) is 1. The third-order valence-electron chi connectivity index (χ3n) is 4.92. The number of benzene rings is 1. The molecular weight excluding hydrogens is 401 g/mol. The van der Waals surface area contributed by atoms with Gasteiger partial charge in [-0.05, 0) is 30.7 Å². The Hall–Kier alpha value is -1.35. The Bertz CT molecular complexity index is 868. The van der Waals surface area contributed by atoms with Crippen molar-refractivity contribution >= 4 is 21.6 Å². The van der Waals surface area contributed by atoms with Gasteiger partial charge in [-0.3, -0.25) is 0 Å². The third kappa shape index (κ3) is 4.23. The van der Waals surface area contributed by atoms with Crippen molar-refractivity contribution in [2.24, 2.45) is 5.92 Å². The maximum absolute atomic E-state index is 13.1. The molecule has 3 rings (SSSR count). The maximum Gasteiger partial charge on any atom is 0.389 e. The van der Waals surface area contributed by atoms with E-state index >= 15 is 0 Å². The highest BCUT2D eigenvalue weighted by Gasteiger charge is 2.42. The van der Waals surface area contributed by atoms with Crippen LogP contribution in [0, 0.1) is 5.92 Å². The predicted molar refractivity (Wildman–Crippen MR) is 98.0 cm³/mol. The Labute approximate surface area is 161 Å². The van der Waals surface area contributed by atoms with Crippen molar-refractivity contribution in [3.8, 4) is 0 Å². The minimum atomic E-state index is -4.21. The van der Waals surface area contributed by atoms with Crippen molar-refractivity contribution in [1.82, 2.24) is 9.62 Å². The van der Waals surface area contributed by atoms with Crippen LogP contribution in [0.1, 0.15) is 24.4 Å². The summed E-state index contributed by atoms with van der Waals surface area (Å²) in [6.45, 7) is 0.122. The first kappa shape index (κ1) is 20.4. The van der Waals surface area contributed by atoms with Gasteiger partial charge in [0.1, 0.15) is 0 Å². The van der Waals surface area contributed by atoms with Gasteiger partial charge in [0.15, 0.2) is 0 Å². The first-order chi connectivity index (χ1) is 12.6. The zero-order valence-corrected chi connectivity index (χ0v) is 16.2. The number of allylic oxidation sites excluding steroid dienone is 2. The fourth-order valence-corrected chi connectivity index (χ4v) is 5.44. The molecule has 0 saturated heterocycles. The van der Waals surface area contributed by atoms with Gasteiger partial charge in [-0.25, -0.2) is 8.42 Å². The van der Waals surface area contributed by atoms with E-state index in [0.717, 1.165) is 0 Å². The molecule has 0 spiro atoms. The van der Waals surface area contributed by atoms with Crippen LogP contribution in [-0.4, -0.2) is 38.5 Å². The number of nitrogens with zero attached hydrogens (tertiary/aromatic N) is 1. The second-order valence-electron chi connectivity index (χ2n) is 6.69. The molecule has 0 saturated carbocycles. The zero-order chi connectivity index (χ0) is 19.8. The predicted octanol–water partition coefficient (Wildman–Crippen LogP) is 4.06. The molecule has 0 amide bonds. The van der Waals surface area contributed by atoms with E-state index in [0.29, 0.717) is 5.56 Å². The van der Waals surface area contributed by atoms with Crippen LogP contribution < -0.4 is 5.32 Å². The lowest BCUT2D eigenvalue weighted by atomic mass is 9.84. The topological polar surface area (TPSA) is 49.4 Å². The number of halogens is 4. The zero-order valence-electron chi connectivity index (χ0n) is 14.6. The summed E-state index contributed by atoms with van der Waals surface area (Å²) in [5, 5.41) is 3.44. The van der Waals surface area contributed by atoms with E-state index in [9.17, 15) is 21.6 Å². The number of fused-ring (bicyclic) bond motifs is 2. The molecule has 1 aliphatic carbocycles. The van der Waals surface area contributed by atoms with E-state index in [4.69, 9.17) is 11.6 Å². The van der Waals surface area contributed by atoms with E-state index in [1.165, 1.54) is 17.4 Å². The minimum Gasteiger partial charge on any atom is -0.309 e. The second kappa shape index (κ2) is 7.58. The van der Waals surface area contributed by atoms with Crippen LogP contribution >= 0.6 is 11.6 Å². The Balaban J connectivity index is 1.98. The molecular formula is C18H20ClF3N2O2S. The normalized spacial score (nSPS) is 27.1. The monoisotopic (exact) mass is 420 g/mol. The first-order valence-electron chi connectivity index (χ1n) is 8.54. The number of nitrogens with one attached hydrogen (secondary N) is 1. The second-order valence-corrected chi connectivity index (χ2v) is 9.09. The molecule has 1 aromatic rings. The van der Waals surface area contributed by atoms with Crippen LogP contribution in [0.4, 0.5) is 13.2 Å². The van der Waals surface area contributed by atoms with E-state index in [1.807, 2.05) is 12.2 Å². The van der Waals surface area contributed by atoms with Gasteiger partial charge in [0, 0.05) is 30.5 Å². The maximum atomic E-state index is 13.1. The first-order valence-corrected chi connectivity index (χ1v) is 10.4. The molecule has 2 aliphatic rings. The summed E-state index contributed by atoms with van der Waals surface area (Å²) in [7, 11) is -2.29. The molecule has 148 valence electrons. The molecule has 4 nitrogen and oxygen atoms in total. The highest BCUT2D eigenvalue weighted by Crippen LogP contribution is 2.41. The van der Waals surface area contributed by atoms with Gasteiger partial charge in [0.25, 0.3) is 0 Å². The van der Waals surface area contributed by atoms with Crippen LogP contribution in [-0.2, 0) is 10.0 Å². The number of hydrogen-bond donors (Lipinski definition) is 1. The Kier molecular flexibility index (Phi) is 5.72. The van der Waals surface area contributed by atoms with Gasteiger partial charge in [-0.1, -0.05) is 42.0 Å². The highest BCUT2D eigenvalue weighted by atomic mass is 35.5. The fraction of sp³-hybridized carbons (Fsp3) is 0.444. The van der Waals surface area contributed by atoms with Gasteiger partial charge in [-0.15, -0.1) is 0 Å². The number of rotatable bonds is 4. The van der Waals surface area contributed by atoms with Gasteiger partial charge >= 0.3 is 6.18 Å². The quantitative estimate of drug-likeness (QED) is 0.747. The molecule has 0 bridgehead atoms. The van der Waals surface area contributed by atoms with Crippen molar-refractivity contribution in [3.05, 3.63) is 53.1 Å². The van der Waals surface area contributed by atoms with E-state index in [2.05, 4.69) is 5.32 Å². The molecule has 0 fully saturated rings. The molecule has 0 aromatic heterocycles. The smallest absolute Gasteiger partial charge is 0.309 e. The Morgan fingerprint density at radius 3 is 2.63 bits per heavy atom. The molecule has 0 radical (unpaired) electrons. The summed E-state index contributed by atoms with van der Waals surface area (Å²) in [6.07, 6.45) is 2.10. The van der Waals surface area contributed by atoms with Crippen LogP contribution in [0.25, 0.3) is 0 Å². The Morgan fingerprint density at radius 1 is 1.22 bits per heavy atom. The van der Waals surface area contributed by atoms with Crippen molar-refractivity contribution in [1.29, 1.82) is 0 Å². The molecule has 9 heteroatoms. The third-order valence-corrected chi connectivity index (χ3v) is 7.07. The Morgan fingerprint density at radius 2 is 1.93 bits per heavy atom. The molecule has 3 unspecified atom stereocenters. The van der Waals surface area contributed by atoms with Crippen LogP contribution in [0.2, 0.25) is 5.02 Å². The highest BCUT2D eigenvalue weighted by molar-refractivity contribution is 7.89. The molecule has 1 N–H and O–H groups in total. The average Bonchev–Trinajstić information content (AvgIpc) is 2.66. The SMILES string of the molecule is CN1C2C=CC=CC2C(NCCCC(F)(F)F)c2ccc(Cl)cc2S1(=O)=O. The largest absolute Gasteiger partial charge is 0.389 e. The molecule has 1 aromatic carbocycles. The summed E-state index contributed by atoms with van der Waals surface area (Å²) >= 11 is 6.03. The van der Waals surface area contributed by atoms with Gasteiger partial charge in [0.2, 0.25) is 10.0 Å². The molecule has 3 atom stereocenters. The lowest BCUT2D eigenvalue weighted by Gasteiger charge is -2.33. The van der Waals surface area contributed by atoms with Crippen LogP contribution in [0.5, 0.6) is 0 Å². The summed E-state index contributed by atoms with van der Waals surface area (Å²) in [4.78, 5) is 0.0852. The van der Waals surface area contributed by atoms with Gasteiger partial charge < -0.3 is 5.32 Å². The van der Waals surface area contributed by atoms with Crippen LogP contribution in [0.3, 0.4) is 0 Å². The molecule has 1 heterocycles. The van der Waals surface area contributed by atoms with E-state index in [1.54, 1.807) is 24.3 Å². The molecule has 1 aliphatic heterocycles. The van der Waals surface area contributed by atoms with E-state index in [-0.39, 0.29) is 28.8 Å². The van der Waals surface area contributed by atoms with Crippen molar-refractivity contribution in [2.75, 3.05) is 13.6 Å². The summed E-state index contributed by atoms with van der Waals surface area (Å²) in [6, 6.07) is 3.75. The van der Waals surface area contributed by atoms with Crippen LogP contribution in [0.15, 0.2) is 47.4 Å². The standard InChI is InChI=1S/C18H20ClF3N2O2S/c1-24-15-6-3-2-5-13(15)17(23-10-4-9-18(20,21)22)14-8-7-12(19)11-16(14)27(24,25)26/h2-3,5-8,11,13,15,17,23H,4,9-10H2,1H3. The lowest BCUT2D eigenvalue weighted by molar-refractivity contribution is -0.135. The summed E-state index contributed by atoms with van der Waals surface area (Å²) in [5.41, 5.74) is 0.519. The summed E-state index contributed by atoms with van der Waals surface area (Å²) < 4.78 is 64.8. The van der Waals surface area contributed by atoms with Crippen molar-refractivity contribution in [3.63, 3.8) is 0 Å². The fourth-order valence-electron chi connectivity index (χ4n) is 3.59. The summed E-state index contributed by atoms with van der Waals surface area (Å²) in [5.74, 6) is -0.247. The number of sulfonamides is 1. The lowest BCUT2D eigenvalue weighted by Crippen LogP contribution is -2.42. The van der Waals surface area contributed by atoms with Gasteiger partial charge in [-0.2, -0.15) is 17.5 Å². The number of hydrogen-bond acceptors (Lipinski definition) is 3. The van der Waals surface area contributed by atoms with Crippen molar-refractivity contribution < 1.29 is 21.6 Å². The molecule has 27 heavy (non-hydrogen) atoms. The minimum absolute atomic E-state index is 0.0809.